The van der Waals surface area contributed by atoms with E-state index in [0.717, 1.165) is 16.9 Å². The molecule has 0 spiro atoms. The highest BCUT2D eigenvalue weighted by Crippen LogP contribution is 2.34. The Labute approximate surface area is 116 Å². The molecule has 1 atom stereocenters. The van der Waals surface area contributed by atoms with Crippen molar-refractivity contribution in [3.63, 3.8) is 0 Å². The minimum atomic E-state index is -0.179. The van der Waals surface area contributed by atoms with Crippen LogP contribution in [0, 0.1) is 13.8 Å². The molecule has 0 amide bonds. The number of methoxy groups -OCH3 is 1. The smallest absolute Gasteiger partial charge is 0.125 e. The van der Waals surface area contributed by atoms with Crippen molar-refractivity contribution in [1.82, 2.24) is 0 Å². The quantitative estimate of drug-likeness (QED) is 0.920. The van der Waals surface area contributed by atoms with Crippen LogP contribution < -0.4 is 10.5 Å². The standard InChI is InChI=1S/C14H16ClNOS/c1-8-6-12(9(2)18-8)14(16)11-5-4-10(15)7-13(11)17-3/h4-7,14H,16H2,1-3H3. The van der Waals surface area contributed by atoms with Gasteiger partial charge in [0.25, 0.3) is 0 Å². The minimum absolute atomic E-state index is 0.179. The molecule has 1 heterocycles. The Morgan fingerprint density at radius 1 is 1.22 bits per heavy atom. The second-order valence-electron chi connectivity index (χ2n) is 4.23. The zero-order valence-corrected chi connectivity index (χ0v) is 12.2. The van der Waals surface area contributed by atoms with Gasteiger partial charge in [0.1, 0.15) is 5.75 Å². The topological polar surface area (TPSA) is 35.2 Å². The van der Waals surface area contributed by atoms with E-state index < -0.39 is 0 Å². The van der Waals surface area contributed by atoms with E-state index >= 15 is 0 Å². The SMILES string of the molecule is COc1cc(Cl)ccc1C(N)c1cc(C)sc1C. The lowest BCUT2D eigenvalue weighted by Crippen LogP contribution is -2.13. The maximum Gasteiger partial charge on any atom is 0.125 e. The van der Waals surface area contributed by atoms with Gasteiger partial charge in [0.15, 0.2) is 0 Å². The first-order chi connectivity index (χ1) is 8.52. The normalized spacial score (nSPS) is 12.5. The van der Waals surface area contributed by atoms with Crippen LogP contribution in [0.15, 0.2) is 24.3 Å². The first-order valence-electron chi connectivity index (χ1n) is 5.69. The van der Waals surface area contributed by atoms with Crippen molar-refractivity contribution in [3.8, 4) is 5.75 Å². The number of thiophene rings is 1. The molecule has 2 nitrogen and oxygen atoms in total. The van der Waals surface area contributed by atoms with E-state index in [1.165, 1.54) is 9.75 Å². The Hall–Kier alpha value is -1.03. The third kappa shape index (κ3) is 2.53. The summed E-state index contributed by atoms with van der Waals surface area (Å²) in [5.74, 6) is 0.734. The summed E-state index contributed by atoms with van der Waals surface area (Å²) >= 11 is 7.72. The molecule has 2 rings (SSSR count). The van der Waals surface area contributed by atoms with Crippen molar-refractivity contribution in [1.29, 1.82) is 0 Å². The van der Waals surface area contributed by atoms with Gasteiger partial charge in [0, 0.05) is 20.3 Å². The second kappa shape index (κ2) is 5.31. The number of halogens is 1. The average molecular weight is 282 g/mol. The first-order valence-corrected chi connectivity index (χ1v) is 6.88. The van der Waals surface area contributed by atoms with Gasteiger partial charge in [-0.25, -0.2) is 0 Å². The lowest BCUT2D eigenvalue weighted by atomic mass is 9.99. The molecule has 1 unspecified atom stereocenters. The molecule has 0 aliphatic heterocycles. The van der Waals surface area contributed by atoms with Gasteiger partial charge in [-0.3, -0.25) is 0 Å². The van der Waals surface area contributed by atoms with Crippen LogP contribution in [0.5, 0.6) is 5.75 Å². The summed E-state index contributed by atoms with van der Waals surface area (Å²) in [5.41, 5.74) is 8.45. The Bertz CT molecular complexity index is 565. The monoisotopic (exact) mass is 281 g/mol. The van der Waals surface area contributed by atoms with E-state index in [1.54, 1.807) is 24.5 Å². The van der Waals surface area contributed by atoms with E-state index in [4.69, 9.17) is 22.1 Å². The minimum Gasteiger partial charge on any atom is -0.496 e. The van der Waals surface area contributed by atoms with Gasteiger partial charge < -0.3 is 10.5 Å². The van der Waals surface area contributed by atoms with Crippen molar-refractivity contribution in [2.75, 3.05) is 7.11 Å². The first kappa shape index (κ1) is 13.4. The van der Waals surface area contributed by atoms with Crippen LogP contribution in [-0.4, -0.2) is 7.11 Å². The lowest BCUT2D eigenvalue weighted by Gasteiger charge is -2.16. The number of nitrogens with two attached hydrogens (primary N) is 1. The summed E-state index contributed by atoms with van der Waals surface area (Å²) in [7, 11) is 1.63. The van der Waals surface area contributed by atoms with E-state index in [1.807, 2.05) is 12.1 Å². The fourth-order valence-corrected chi connectivity index (χ4v) is 3.20. The van der Waals surface area contributed by atoms with Gasteiger partial charge >= 0.3 is 0 Å². The van der Waals surface area contributed by atoms with Crippen LogP contribution in [-0.2, 0) is 0 Å². The third-order valence-corrected chi connectivity index (χ3v) is 4.16. The molecule has 96 valence electrons. The molecule has 0 radical (unpaired) electrons. The number of benzene rings is 1. The molecule has 0 fully saturated rings. The van der Waals surface area contributed by atoms with Crippen LogP contribution in [0.25, 0.3) is 0 Å². The van der Waals surface area contributed by atoms with Crippen molar-refractivity contribution in [3.05, 3.63) is 50.2 Å². The molecule has 2 aromatic rings. The molecule has 2 N–H and O–H groups in total. The van der Waals surface area contributed by atoms with Gasteiger partial charge in [-0.15, -0.1) is 11.3 Å². The largest absolute Gasteiger partial charge is 0.496 e. The summed E-state index contributed by atoms with van der Waals surface area (Å²) in [6.45, 7) is 4.18. The van der Waals surface area contributed by atoms with Crippen LogP contribution in [0.1, 0.15) is 26.9 Å². The van der Waals surface area contributed by atoms with Crippen molar-refractivity contribution >= 4 is 22.9 Å². The third-order valence-electron chi connectivity index (χ3n) is 2.95. The molecule has 1 aromatic carbocycles. The number of aryl methyl sites for hydroxylation is 2. The van der Waals surface area contributed by atoms with Crippen LogP contribution in [0.2, 0.25) is 5.02 Å². The van der Waals surface area contributed by atoms with Crippen molar-refractivity contribution < 1.29 is 4.74 Å². The Kier molecular flexibility index (Phi) is 3.95. The number of hydrogen-bond acceptors (Lipinski definition) is 3. The van der Waals surface area contributed by atoms with Gasteiger partial charge in [-0.1, -0.05) is 17.7 Å². The van der Waals surface area contributed by atoms with Crippen molar-refractivity contribution in [2.24, 2.45) is 5.73 Å². The van der Waals surface area contributed by atoms with E-state index in [2.05, 4.69) is 19.9 Å². The Morgan fingerprint density at radius 2 is 1.94 bits per heavy atom. The van der Waals surface area contributed by atoms with Crippen LogP contribution >= 0.6 is 22.9 Å². The molecule has 4 heteroatoms. The van der Waals surface area contributed by atoms with Crippen LogP contribution in [0.3, 0.4) is 0 Å². The molecule has 0 bridgehead atoms. The number of hydrogen-bond donors (Lipinski definition) is 1. The zero-order valence-electron chi connectivity index (χ0n) is 10.7. The maximum absolute atomic E-state index is 6.34. The van der Waals surface area contributed by atoms with E-state index in [9.17, 15) is 0 Å². The summed E-state index contributed by atoms with van der Waals surface area (Å²) in [6.07, 6.45) is 0. The zero-order chi connectivity index (χ0) is 13.3. The molecule has 0 saturated heterocycles. The molecular formula is C14H16ClNOS. The maximum atomic E-state index is 6.34. The predicted octanol–water partition coefficient (Wildman–Crippen LogP) is 4.08. The molecule has 1 aromatic heterocycles. The average Bonchev–Trinajstić information content (AvgIpc) is 2.67. The predicted molar refractivity (Wildman–Crippen MR) is 77.8 cm³/mol. The second-order valence-corrected chi connectivity index (χ2v) is 6.13. The number of ether oxygens (including phenoxy) is 1. The van der Waals surface area contributed by atoms with Crippen molar-refractivity contribution in [2.45, 2.75) is 19.9 Å². The fourth-order valence-electron chi connectivity index (χ4n) is 2.07. The summed E-state index contributed by atoms with van der Waals surface area (Å²) in [6, 6.07) is 7.53. The highest BCUT2D eigenvalue weighted by Gasteiger charge is 2.17. The lowest BCUT2D eigenvalue weighted by molar-refractivity contribution is 0.408. The molecule has 18 heavy (non-hydrogen) atoms. The Balaban J connectivity index is 2.45. The van der Waals surface area contributed by atoms with E-state index in [0.29, 0.717) is 5.02 Å². The summed E-state index contributed by atoms with van der Waals surface area (Å²) in [5, 5.41) is 0.654. The molecule has 0 aliphatic rings. The highest BCUT2D eigenvalue weighted by molar-refractivity contribution is 7.12. The number of rotatable bonds is 3. The summed E-state index contributed by atoms with van der Waals surface area (Å²) < 4.78 is 5.35. The van der Waals surface area contributed by atoms with Gasteiger partial charge in [0.2, 0.25) is 0 Å². The Morgan fingerprint density at radius 3 is 2.50 bits per heavy atom. The van der Waals surface area contributed by atoms with Gasteiger partial charge in [-0.2, -0.15) is 0 Å². The summed E-state index contributed by atoms with van der Waals surface area (Å²) in [4.78, 5) is 2.52. The fraction of sp³-hybridized carbons (Fsp3) is 0.286. The van der Waals surface area contributed by atoms with Gasteiger partial charge in [-0.05, 0) is 37.6 Å². The van der Waals surface area contributed by atoms with Gasteiger partial charge in [0.05, 0.1) is 13.2 Å². The van der Waals surface area contributed by atoms with Crippen LogP contribution in [0.4, 0.5) is 0 Å². The molecular weight excluding hydrogens is 266 g/mol. The van der Waals surface area contributed by atoms with E-state index in [-0.39, 0.29) is 6.04 Å². The highest BCUT2D eigenvalue weighted by atomic mass is 35.5. The molecule has 0 saturated carbocycles. The molecule has 0 aliphatic carbocycles.